The van der Waals surface area contributed by atoms with Crippen LogP contribution in [0.4, 0.5) is 0 Å². The first-order valence-corrected chi connectivity index (χ1v) is 10.1. The number of aliphatic hydroxyl groups excluding tert-OH is 1. The van der Waals surface area contributed by atoms with Gasteiger partial charge in [0.15, 0.2) is 0 Å². The second-order valence-corrected chi connectivity index (χ2v) is 7.98. The summed E-state index contributed by atoms with van der Waals surface area (Å²) in [7, 11) is 0.393. The van der Waals surface area contributed by atoms with Crippen molar-refractivity contribution in [3.8, 4) is 17.2 Å². The third-order valence-corrected chi connectivity index (χ3v) is 4.20. The van der Waals surface area contributed by atoms with Crippen molar-refractivity contribution in [1.29, 1.82) is 0 Å². The normalized spacial score (nSPS) is 12.0. The van der Waals surface area contributed by atoms with Crippen molar-refractivity contribution in [2.24, 2.45) is 0 Å². The Morgan fingerprint density at radius 3 is 1.83 bits per heavy atom. The van der Waals surface area contributed by atoms with Gasteiger partial charge in [0.2, 0.25) is 0 Å². The van der Waals surface area contributed by atoms with E-state index in [-0.39, 0.29) is 13.2 Å². The summed E-state index contributed by atoms with van der Waals surface area (Å²) in [4.78, 5) is 0. The van der Waals surface area contributed by atoms with Gasteiger partial charge in [0, 0.05) is 0 Å². The summed E-state index contributed by atoms with van der Waals surface area (Å²) in [5, 5.41) is 9.92. The Bertz CT molecular complexity index is 572. The lowest BCUT2D eigenvalue weighted by Crippen LogP contribution is -2.25. The van der Waals surface area contributed by atoms with E-state index in [0.29, 0.717) is 16.6 Å². The Balaban J connectivity index is 1.67. The van der Waals surface area contributed by atoms with Crippen LogP contribution in [0.1, 0.15) is 0 Å². The summed E-state index contributed by atoms with van der Waals surface area (Å²) in [6.07, 6.45) is 3.72. The van der Waals surface area contributed by atoms with E-state index in [1.807, 2.05) is 54.6 Å². The number of para-hydroxylation sites is 1. The van der Waals surface area contributed by atoms with Gasteiger partial charge in [-0.25, -0.2) is 0 Å². The molecule has 2 aromatic rings. The standard InChI is InChI=1S/C19H25O4S/c1-24(2)13-12-21-18-8-10-19(11-9-18)23-15-16(20)14-22-17-6-4-3-5-7-17/h3-11,16,20H,12-15H2,1-2H3/q+1. The first kappa shape index (κ1) is 18.5. The lowest BCUT2D eigenvalue weighted by atomic mass is 10.3. The van der Waals surface area contributed by atoms with E-state index in [9.17, 15) is 5.11 Å². The Hall–Kier alpha value is -1.85. The van der Waals surface area contributed by atoms with E-state index >= 15 is 0 Å². The molecule has 5 heteroatoms. The van der Waals surface area contributed by atoms with Gasteiger partial charge in [-0.15, -0.1) is 0 Å². The van der Waals surface area contributed by atoms with E-state index in [0.717, 1.165) is 23.9 Å². The summed E-state index contributed by atoms with van der Waals surface area (Å²) in [6.45, 7) is 1.11. The monoisotopic (exact) mass is 349 g/mol. The van der Waals surface area contributed by atoms with Crippen molar-refractivity contribution >= 4 is 10.9 Å². The topological polar surface area (TPSA) is 47.9 Å². The molecule has 0 aliphatic carbocycles. The molecular weight excluding hydrogens is 324 g/mol. The van der Waals surface area contributed by atoms with Crippen LogP contribution in [-0.2, 0) is 10.9 Å². The van der Waals surface area contributed by atoms with Crippen molar-refractivity contribution in [1.82, 2.24) is 0 Å². The molecule has 0 aromatic heterocycles. The van der Waals surface area contributed by atoms with Gasteiger partial charge in [0.1, 0.15) is 48.9 Å². The number of hydrogen-bond acceptors (Lipinski definition) is 4. The van der Waals surface area contributed by atoms with E-state index in [4.69, 9.17) is 14.2 Å². The third kappa shape index (κ3) is 7.15. The van der Waals surface area contributed by atoms with Crippen molar-refractivity contribution in [2.75, 3.05) is 38.1 Å². The Kier molecular flexibility index (Phi) is 7.79. The highest BCUT2D eigenvalue weighted by Gasteiger charge is 2.07. The molecule has 0 heterocycles. The van der Waals surface area contributed by atoms with Crippen LogP contribution in [0.2, 0.25) is 0 Å². The molecule has 1 N–H and O–H groups in total. The van der Waals surface area contributed by atoms with Crippen LogP contribution in [0.5, 0.6) is 17.2 Å². The quantitative estimate of drug-likeness (QED) is 0.670. The predicted molar refractivity (Wildman–Crippen MR) is 99.5 cm³/mol. The second-order valence-electron chi connectivity index (χ2n) is 5.60. The van der Waals surface area contributed by atoms with Gasteiger partial charge in [0.05, 0.1) is 12.5 Å². The van der Waals surface area contributed by atoms with Crippen LogP contribution in [0.25, 0.3) is 0 Å². The minimum atomic E-state index is -0.687. The van der Waals surface area contributed by atoms with E-state index in [2.05, 4.69) is 12.5 Å². The average Bonchev–Trinajstić information content (AvgIpc) is 2.60. The molecule has 0 bridgehead atoms. The molecule has 0 fully saturated rings. The molecular formula is C19H25O4S+. The molecule has 1 unspecified atom stereocenters. The zero-order valence-corrected chi connectivity index (χ0v) is 15.0. The summed E-state index contributed by atoms with van der Waals surface area (Å²) in [6, 6.07) is 16.9. The maximum atomic E-state index is 9.92. The first-order chi connectivity index (χ1) is 11.6. The zero-order valence-electron chi connectivity index (χ0n) is 14.2. The van der Waals surface area contributed by atoms with Crippen molar-refractivity contribution in [3.05, 3.63) is 54.6 Å². The van der Waals surface area contributed by atoms with Crippen LogP contribution < -0.4 is 14.2 Å². The number of benzene rings is 2. The zero-order chi connectivity index (χ0) is 17.2. The molecule has 0 saturated heterocycles. The molecule has 0 aliphatic rings. The minimum Gasteiger partial charge on any atom is -0.491 e. The number of rotatable bonds is 10. The SMILES string of the molecule is C[S+](C)CCOc1ccc(OCC(O)COc2ccccc2)cc1. The van der Waals surface area contributed by atoms with Crippen LogP contribution in [0, 0.1) is 0 Å². The smallest absolute Gasteiger partial charge is 0.141 e. The molecule has 0 amide bonds. The van der Waals surface area contributed by atoms with Crippen LogP contribution in [-0.4, -0.2) is 49.3 Å². The second kappa shape index (κ2) is 10.1. The minimum absolute atomic E-state index is 0.182. The molecule has 0 radical (unpaired) electrons. The fourth-order valence-electron chi connectivity index (χ4n) is 1.91. The van der Waals surface area contributed by atoms with Crippen molar-refractivity contribution in [3.63, 3.8) is 0 Å². The van der Waals surface area contributed by atoms with Gasteiger partial charge >= 0.3 is 0 Å². The molecule has 2 rings (SSSR count). The third-order valence-electron chi connectivity index (χ3n) is 3.21. The molecule has 0 saturated carbocycles. The van der Waals surface area contributed by atoms with Crippen molar-refractivity contribution < 1.29 is 19.3 Å². The van der Waals surface area contributed by atoms with E-state index < -0.39 is 6.10 Å². The number of hydrogen-bond donors (Lipinski definition) is 1. The highest BCUT2D eigenvalue weighted by Crippen LogP contribution is 2.18. The molecule has 0 aliphatic heterocycles. The molecule has 130 valence electrons. The summed E-state index contributed by atoms with van der Waals surface area (Å²) < 4.78 is 16.7. The maximum absolute atomic E-state index is 9.92. The van der Waals surface area contributed by atoms with Gasteiger partial charge in [-0.3, -0.25) is 0 Å². The van der Waals surface area contributed by atoms with Gasteiger partial charge in [-0.2, -0.15) is 0 Å². The lowest BCUT2D eigenvalue weighted by Gasteiger charge is -2.14. The Labute approximate surface area is 146 Å². The highest BCUT2D eigenvalue weighted by molar-refractivity contribution is 7.95. The van der Waals surface area contributed by atoms with Crippen molar-refractivity contribution in [2.45, 2.75) is 6.10 Å². The number of ether oxygens (including phenoxy) is 3. The molecule has 4 nitrogen and oxygen atoms in total. The average molecular weight is 349 g/mol. The number of aliphatic hydroxyl groups is 1. The molecule has 0 spiro atoms. The first-order valence-electron chi connectivity index (χ1n) is 7.89. The fraction of sp³-hybridized carbons (Fsp3) is 0.368. The van der Waals surface area contributed by atoms with Gasteiger partial charge in [-0.1, -0.05) is 18.2 Å². The summed E-state index contributed by atoms with van der Waals surface area (Å²) >= 11 is 0. The molecule has 1 atom stereocenters. The lowest BCUT2D eigenvalue weighted by molar-refractivity contribution is 0.0626. The Morgan fingerprint density at radius 2 is 1.29 bits per heavy atom. The largest absolute Gasteiger partial charge is 0.491 e. The predicted octanol–water partition coefficient (Wildman–Crippen LogP) is 2.76. The van der Waals surface area contributed by atoms with Crippen LogP contribution in [0.3, 0.4) is 0 Å². The molecule has 2 aromatic carbocycles. The van der Waals surface area contributed by atoms with Gasteiger partial charge in [-0.05, 0) is 47.3 Å². The van der Waals surface area contributed by atoms with Crippen LogP contribution >= 0.6 is 0 Å². The summed E-state index contributed by atoms with van der Waals surface area (Å²) in [5.74, 6) is 3.33. The van der Waals surface area contributed by atoms with E-state index in [1.54, 1.807) is 0 Å². The highest BCUT2D eigenvalue weighted by atomic mass is 32.2. The van der Waals surface area contributed by atoms with E-state index in [1.165, 1.54) is 0 Å². The molecule has 24 heavy (non-hydrogen) atoms. The fourth-order valence-corrected chi connectivity index (χ4v) is 2.32. The summed E-state index contributed by atoms with van der Waals surface area (Å²) in [5.41, 5.74) is 0. The maximum Gasteiger partial charge on any atom is 0.141 e. The van der Waals surface area contributed by atoms with Gasteiger partial charge in [0.25, 0.3) is 0 Å². The van der Waals surface area contributed by atoms with Gasteiger partial charge < -0.3 is 19.3 Å². The van der Waals surface area contributed by atoms with Crippen LogP contribution in [0.15, 0.2) is 54.6 Å². The Morgan fingerprint density at radius 1 is 0.792 bits per heavy atom.